The van der Waals surface area contributed by atoms with Gasteiger partial charge < -0.3 is 0 Å². The van der Waals surface area contributed by atoms with Crippen LogP contribution in [0.1, 0.15) is 0 Å². The lowest BCUT2D eigenvalue weighted by molar-refractivity contribution is 1.53. The summed E-state index contributed by atoms with van der Waals surface area (Å²) in [6, 6.07) is 0. The van der Waals surface area contributed by atoms with E-state index in [9.17, 15) is 0 Å². The van der Waals surface area contributed by atoms with E-state index >= 15 is 0 Å². The highest BCUT2D eigenvalue weighted by atomic mass is 28.3. The molecule has 9 heavy (non-hydrogen) atoms. The van der Waals surface area contributed by atoms with Gasteiger partial charge in [-0.05, 0) is 0 Å². The van der Waals surface area contributed by atoms with E-state index < -0.39 is 8.07 Å². The van der Waals surface area contributed by atoms with E-state index in [0.29, 0.717) is 10.2 Å². The maximum absolute atomic E-state index is 8.21. The number of nitrogens with zero attached hydrogens (tertiary/aromatic N) is 2. The fourth-order valence-electron chi connectivity index (χ4n) is 0. The van der Waals surface area contributed by atoms with Gasteiger partial charge in [0.05, 0.1) is 0 Å². The predicted molar refractivity (Wildman–Crippen MR) is 44.5 cm³/mol. The largest absolute Gasteiger partial charge is 0.208 e. The van der Waals surface area contributed by atoms with Crippen LogP contribution in [0.3, 0.4) is 0 Å². The molecule has 0 radical (unpaired) electrons. The smallest absolute Gasteiger partial charge is 0.164 e. The SMILES string of the molecule is C[Si](C)(C)C#N.N#C[SiH3]. The monoisotopic (exact) mass is 156 g/mol. The summed E-state index contributed by atoms with van der Waals surface area (Å²) < 4.78 is 0. The molecule has 0 unspecified atom stereocenters. The summed E-state index contributed by atoms with van der Waals surface area (Å²) in [5.74, 6) is 0. The number of hydrogen-bond donors (Lipinski definition) is 0. The van der Waals surface area contributed by atoms with Crippen molar-refractivity contribution < 1.29 is 0 Å². The van der Waals surface area contributed by atoms with Crippen LogP contribution in [0.25, 0.3) is 0 Å². The molecule has 0 saturated carbocycles. The summed E-state index contributed by atoms with van der Waals surface area (Å²) in [5.41, 5.74) is 4.13. The van der Waals surface area contributed by atoms with E-state index in [2.05, 4.69) is 5.69 Å². The molecule has 0 aromatic carbocycles. The topological polar surface area (TPSA) is 47.6 Å². The lowest BCUT2D eigenvalue weighted by atomic mass is 11.7. The maximum atomic E-state index is 8.21. The Bertz CT molecular complexity index is 135. The van der Waals surface area contributed by atoms with E-state index in [0.717, 1.165) is 0 Å². The van der Waals surface area contributed by atoms with Crippen LogP contribution in [0.4, 0.5) is 0 Å². The van der Waals surface area contributed by atoms with E-state index in [1.807, 2.05) is 25.3 Å². The molecular formula is C5H12N2Si2. The third-order valence-corrected chi connectivity index (χ3v) is 1.01. The van der Waals surface area contributed by atoms with Crippen LogP contribution in [-0.4, -0.2) is 18.3 Å². The highest BCUT2D eigenvalue weighted by Crippen LogP contribution is 1.94. The first-order chi connectivity index (χ1) is 3.97. The highest BCUT2D eigenvalue weighted by molar-refractivity contribution is 6.83. The summed E-state index contributed by atoms with van der Waals surface area (Å²) >= 11 is 0. The molecule has 0 N–H and O–H groups in total. The Balaban J connectivity index is 0. The fraction of sp³-hybridized carbons (Fsp3) is 0.600. The molecule has 0 fully saturated rings. The van der Waals surface area contributed by atoms with Crippen molar-refractivity contribution in [1.82, 2.24) is 0 Å². The van der Waals surface area contributed by atoms with Crippen molar-refractivity contribution in [2.24, 2.45) is 0 Å². The first kappa shape index (κ1) is 11.2. The minimum atomic E-state index is -1.33. The van der Waals surface area contributed by atoms with Crippen molar-refractivity contribution in [3.63, 3.8) is 0 Å². The molecular weight excluding hydrogens is 144 g/mol. The highest BCUT2D eigenvalue weighted by Gasteiger charge is 2.09. The van der Waals surface area contributed by atoms with Crippen molar-refractivity contribution in [1.29, 1.82) is 10.5 Å². The van der Waals surface area contributed by atoms with Gasteiger partial charge in [0.2, 0.25) is 0 Å². The Hall–Kier alpha value is -0.586. The first-order valence-corrected chi connectivity index (χ1v) is 7.20. The van der Waals surface area contributed by atoms with E-state index in [1.54, 1.807) is 0 Å². The molecule has 0 amide bonds. The van der Waals surface area contributed by atoms with Gasteiger partial charge in [-0.1, -0.05) is 19.6 Å². The fourth-order valence-corrected chi connectivity index (χ4v) is 0. The van der Waals surface area contributed by atoms with Crippen molar-refractivity contribution >= 4 is 18.3 Å². The van der Waals surface area contributed by atoms with Crippen LogP contribution in [0.15, 0.2) is 0 Å². The molecule has 2 nitrogen and oxygen atoms in total. The van der Waals surface area contributed by atoms with E-state index in [1.165, 1.54) is 0 Å². The standard InChI is InChI=1S/C4H9NSi.CH3NSi/c1-6(2,3)4-5;2-1-3/h1-3H3;3H3. The molecule has 0 atom stereocenters. The van der Waals surface area contributed by atoms with Gasteiger partial charge in [0, 0.05) is 11.4 Å². The van der Waals surface area contributed by atoms with Gasteiger partial charge in [0.15, 0.2) is 8.07 Å². The Kier molecular flexibility index (Phi) is 6.93. The predicted octanol–water partition coefficient (Wildman–Crippen LogP) is 0.220. The molecule has 0 aliphatic rings. The second-order valence-electron chi connectivity index (χ2n) is 2.59. The zero-order valence-corrected chi connectivity index (χ0v) is 9.39. The normalized spacial score (nSPS) is 8.11. The number of hydrogen-bond acceptors (Lipinski definition) is 2. The minimum absolute atomic E-state index is 0.674. The summed E-state index contributed by atoms with van der Waals surface area (Å²) in [4.78, 5) is 0. The van der Waals surface area contributed by atoms with Crippen molar-refractivity contribution in [2.45, 2.75) is 19.6 Å². The van der Waals surface area contributed by atoms with Gasteiger partial charge in [-0.15, -0.1) is 0 Å². The molecule has 0 bridgehead atoms. The first-order valence-electron chi connectivity index (χ1n) is 2.70. The van der Waals surface area contributed by atoms with Gasteiger partial charge in [0.25, 0.3) is 0 Å². The summed E-state index contributed by atoms with van der Waals surface area (Å²) in [6.07, 6.45) is 0. The molecule has 0 spiro atoms. The van der Waals surface area contributed by atoms with E-state index in [4.69, 9.17) is 10.5 Å². The third-order valence-electron chi connectivity index (χ3n) is 0.335. The average Bonchev–Trinajstić information content (AvgIpc) is 1.67. The molecule has 0 aromatic heterocycles. The molecule has 0 aromatic rings. The third kappa shape index (κ3) is 37.3. The zero-order chi connectivity index (χ0) is 7.91. The Morgan fingerprint density at radius 3 is 1.33 bits per heavy atom. The van der Waals surface area contributed by atoms with Crippen LogP contribution in [0, 0.1) is 21.9 Å². The van der Waals surface area contributed by atoms with Crippen LogP contribution >= 0.6 is 0 Å². The molecule has 0 aliphatic carbocycles. The lowest BCUT2D eigenvalue weighted by Gasteiger charge is -1.96. The summed E-state index contributed by atoms with van der Waals surface area (Å²) in [6.45, 7) is 6.06. The van der Waals surface area contributed by atoms with Gasteiger partial charge >= 0.3 is 0 Å². The molecule has 50 valence electrons. The maximum Gasteiger partial charge on any atom is 0.164 e. The zero-order valence-electron chi connectivity index (χ0n) is 6.39. The summed E-state index contributed by atoms with van der Waals surface area (Å²) in [7, 11) is -0.651. The Labute approximate surface area is 60.5 Å². The molecule has 0 heterocycles. The van der Waals surface area contributed by atoms with E-state index in [-0.39, 0.29) is 0 Å². The number of nitriles is 2. The van der Waals surface area contributed by atoms with Crippen LogP contribution in [-0.2, 0) is 0 Å². The molecule has 4 heteroatoms. The molecule has 0 saturated heterocycles. The second kappa shape index (κ2) is 5.55. The minimum Gasteiger partial charge on any atom is -0.208 e. The second-order valence-corrected chi connectivity index (χ2v) is 7.76. The lowest BCUT2D eigenvalue weighted by Crippen LogP contribution is -2.15. The van der Waals surface area contributed by atoms with Crippen molar-refractivity contribution in [2.75, 3.05) is 0 Å². The number of rotatable bonds is 0. The summed E-state index contributed by atoms with van der Waals surface area (Å²) in [5, 5.41) is 15.6. The van der Waals surface area contributed by atoms with Gasteiger partial charge in [-0.3, -0.25) is 0 Å². The van der Waals surface area contributed by atoms with Crippen molar-refractivity contribution in [3.05, 3.63) is 0 Å². The van der Waals surface area contributed by atoms with Gasteiger partial charge in [-0.2, -0.15) is 0 Å². The van der Waals surface area contributed by atoms with Gasteiger partial charge in [-0.25, -0.2) is 10.5 Å². The van der Waals surface area contributed by atoms with Crippen molar-refractivity contribution in [3.8, 4) is 11.4 Å². The van der Waals surface area contributed by atoms with Crippen LogP contribution in [0.2, 0.25) is 19.6 Å². The van der Waals surface area contributed by atoms with Gasteiger partial charge in [0.1, 0.15) is 10.2 Å². The van der Waals surface area contributed by atoms with Crippen LogP contribution < -0.4 is 0 Å². The van der Waals surface area contributed by atoms with Crippen LogP contribution in [0.5, 0.6) is 0 Å². The Morgan fingerprint density at radius 2 is 1.33 bits per heavy atom. The quantitative estimate of drug-likeness (QED) is 0.471. The molecule has 0 rings (SSSR count). The Morgan fingerprint density at radius 1 is 1.22 bits per heavy atom. The molecule has 0 aliphatic heterocycles. The average molecular weight is 156 g/mol.